The maximum atomic E-state index is 12.2. The maximum Gasteiger partial charge on any atom is 0.342 e. The third-order valence-corrected chi connectivity index (χ3v) is 5.93. The van der Waals surface area contributed by atoms with Crippen molar-refractivity contribution in [3.05, 3.63) is 45.0 Å². The van der Waals surface area contributed by atoms with Crippen LogP contribution < -0.4 is 14.8 Å². The fourth-order valence-electron chi connectivity index (χ4n) is 3.52. The van der Waals surface area contributed by atoms with Crippen LogP contribution in [0.15, 0.2) is 17.8 Å². The number of fused-ring (bicyclic) bond motifs is 1. The van der Waals surface area contributed by atoms with Gasteiger partial charge in [-0.3, -0.25) is 4.79 Å². The Labute approximate surface area is 180 Å². The molecule has 0 radical (unpaired) electrons. The number of benzene rings is 1. The standard InChI is InChI=1S/C22H26N2O5S/c1-12(7-9-17(25)24-22-23-10-13(2)30-22)6-8-15-19(27-4)14(3)16-11-29-21(26)18(16)20(15)28-5/h6,10H,7-9,11H2,1-5H3,(H,23,24,25). The number of hydrogen-bond acceptors (Lipinski definition) is 7. The fraction of sp³-hybridized carbons (Fsp3) is 0.409. The van der Waals surface area contributed by atoms with E-state index in [9.17, 15) is 9.59 Å². The van der Waals surface area contributed by atoms with Crippen LogP contribution in [0.5, 0.6) is 11.5 Å². The van der Waals surface area contributed by atoms with Gasteiger partial charge in [-0.25, -0.2) is 9.78 Å². The molecule has 160 valence electrons. The first-order valence-corrected chi connectivity index (χ1v) is 10.5. The van der Waals surface area contributed by atoms with E-state index in [4.69, 9.17) is 14.2 Å². The van der Waals surface area contributed by atoms with Gasteiger partial charge in [0.15, 0.2) is 5.13 Å². The first kappa shape index (κ1) is 21.8. The number of carbonyl (C=O) groups is 2. The molecule has 0 saturated carbocycles. The van der Waals surface area contributed by atoms with Gasteiger partial charge in [0.1, 0.15) is 23.7 Å². The second kappa shape index (κ2) is 9.30. The van der Waals surface area contributed by atoms with E-state index < -0.39 is 0 Å². The predicted molar refractivity (Wildman–Crippen MR) is 116 cm³/mol. The molecule has 1 aromatic heterocycles. The van der Waals surface area contributed by atoms with Crippen LogP contribution in [0.1, 0.15) is 51.7 Å². The second-order valence-electron chi connectivity index (χ2n) is 7.18. The van der Waals surface area contributed by atoms with Gasteiger partial charge < -0.3 is 19.5 Å². The van der Waals surface area contributed by atoms with Crippen molar-refractivity contribution in [1.82, 2.24) is 4.98 Å². The first-order chi connectivity index (χ1) is 14.3. The molecule has 1 amide bonds. The number of nitrogens with zero attached hydrogens (tertiary/aromatic N) is 1. The maximum absolute atomic E-state index is 12.2. The molecular formula is C22H26N2O5S. The molecule has 1 aliphatic rings. The molecule has 7 nitrogen and oxygen atoms in total. The third-order valence-electron chi connectivity index (χ3n) is 5.10. The number of methoxy groups -OCH3 is 2. The average molecular weight is 431 g/mol. The van der Waals surface area contributed by atoms with Crippen LogP contribution in [0.3, 0.4) is 0 Å². The van der Waals surface area contributed by atoms with E-state index >= 15 is 0 Å². The Balaban J connectivity index is 1.73. The number of amides is 1. The first-order valence-electron chi connectivity index (χ1n) is 9.67. The lowest BCUT2D eigenvalue weighted by Gasteiger charge is -2.18. The Morgan fingerprint density at radius 2 is 2.00 bits per heavy atom. The summed E-state index contributed by atoms with van der Waals surface area (Å²) in [4.78, 5) is 29.6. The minimum absolute atomic E-state index is 0.0663. The van der Waals surface area contributed by atoms with Crippen molar-refractivity contribution in [2.75, 3.05) is 19.5 Å². The number of nitrogens with one attached hydrogen (secondary N) is 1. The van der Waals surface area contributed by atoms with Gasteiger partial charge in [0.2, 0.25) is 5.91 Å². The molecule has 2 heterocycles. The number of allylic oxidation sites excluding steroid dienone is 2. The van der Waals surface area contributed by atoms with Crippen LogP contribution in [-0.2, 0) is 22.6 Å². The zero-order valence-electron chi connectivity index (χ0n) is 17.9. The van der Waals surface area contributed by atoms with E-state index in [-0.39, 0.29) is 18.5 Å². The van der Waals surface area contributed by atoms with E-state index in [1.54, 1.807) is 20.4 Å². The van der Waals surface area contributed by atoms with Crippen molar-refractivity contribution in [3.63, 3.8) is 0 Å². The van der Waals surface area contributed by atoms with Crippen molar-refractivity contribution < 1.29 is 23.8 Å². The van der Waals surface area contributed by atoms with E-state index in [1.807, 2.05) is 26.8 Å². The summed E-state index contributed by atoms with van der Waals surface area (Å²) in [5, 5.41) is 3.44. The minimum atomic E-state index is -0.372. The number of hydrogen-bond donors (Lipinski definition) is 1. The Morgan fingerprint density at radius 3 is 2.63 bits per heavy atom. The Kier molecular flexibility index (Phi) is 6.77. The SMILES string of the molecule is COc1c(C)c2c(c(OC)c1CC=C(C)CCC(=O)Nc1ncc(C)s1)C(=O)OC2. The highest BCUT2D eigenvalue weighted by atomic mass is 32.1. The molecule has 0 bridgehead atoms. The monoisotopic (exact) mass is 430 g/mol. The molecule has 3 rings (SSSR count). The van der Waals surface area contributed by atoms with Crippen LogP contribution in [0.25, 0.3) is 0 Å². The molecule has 0 saturated heterocycles. The van der Waals surface area contributed by atoms with Crippen LogP contribution in [0.2, 0.25) is 0 Å². The van der Waals surface area contributed by atoms with E-state index in [1.165, 1.54) is 11.3 Å². The van der Waals surface area contributed by atoms with Crippen LogP contribution in [-0.4, -0.2) is 31.1 Å². The van der Waals surface area contributed by atoms with Crippen LogP contribution in [0.4, 0.5) is 5.13 Å². The van der Waals surface area contributed by atoms with Gasteiger partial charge in [-0.1, -0.05) is 11.6 Å². The van der Waals surface area contributed by atoms with Crippen molar-refractivity contribution in [2.45, 2.75) is 46.6 Å². The highest BCUT2D eigenvalue weighted by molar-refractivity contribution is 7.15. The van der Waals surface area contributed by atoms with E-state index in [0.29, 0.717) is 41.5 Å². The summed E-state index contributed by atoms with van der Waals surface area (Å²) in [5.74, 6) is 0.757. The number of thiazole rings is 1. The fourth-order valence-corrected chi connectivity index (χ4v) is 4.20. The van der Waals surface area contributed by atoms with Gasteiger partial charge >= 0.3 is 5.97 Å². The molecular weight excluding hydrogens is 404 g/mol. The predicted octanol–water partition coefficient (Wildman–Crippen LogP) is 4.36. The Bertz CT molecular complexity index is 1010. The Hall–Kier alpha value is -2.87. The summed E-state index contributed by atoms with van der Waals surface area (Å²) in [6, 6.07) is 0. The van der Waals surface area contributed by atoms with E-state index in [0.717, 1.165) is 27.1 Å². The number of esters is 1. The molecule has 0 spiro atoms. The summed E-state index contributed by atoms with van der Waals surface area (Å²) in [6.45, 7) is 6.08. The zero-order valence-corrected chi connectivity index (χ0v) is 18.7. The van der Waals surface area contributed by atoms with Gasteiger partial charge in [0.25, 0.3) is 0 Å². The molecule has 30 heavy (non-hydrogen) atoms. The van der Waals surface area contributed by atoms with Gasteiger partial charge in [0.05, 0.1) is 14.2 Å². The molecule has 8 heteroatoms. The van der Waals surface area contributed by atoms with Crippen molar-refractivity contribution >= 4 is 28.3 Å². The Morgan fingerprint density at radius 1 is 1.27 bits per heavy atom. The van der Waals surface area contributed by atoms with Crippen molar-refractivity contribution in [3.8, 4) is 11.5 Å². The number of ether oxygens (including phenoxy) is 3. The lowest BCUT2D eigenvalue weighted by Crippen LogP contribution is -2.11. The number of anilines is 1. The van der Waals surface area contributed by atoms with Crippen molar-refractivity contribution in [1.29, 1.82) is 0 Å². The topological polar surface area (TPSA) is 86.8 Å². The lowest BCUT2D eigenvalue weighted by atomic mass is 9.94. The third kappa shape index (κ3) is 4.48. The number of aromatic nitrogens is 1. The van der Waals surface area contributed by atoms with Crippen molar-refractivity contribution in [2.24, 2.45) is 0 Å². The van der Waals surface area contributed by atoms with E-state index in [2.05, 4.69) is 10.3 Å². The smallest absolute Gasteiger partial charge is 0.342 e. The zero-order chi connectivity index (χ0) is 21.8. The highest BCUT2D eigenvalue weighted by Crippen LogP contribution is 2.42. The highest BCUT2D eigenvalue weighted by Gasteiger charge is 2.32. The summed E-state index contributed by atoms with van der Waals surface area (Å²) in [5.41, 5.74) is 4.04. The largest absolute Gasteiger partial charge is 0.496 e. The molecule has 0 unspecified atom stereocenters. The summed E-state index contributed by atoms with van der Waals surface area (Å²) in [7, 11) is 3.15. The summed E-state index contributed by atoms with van der Waals surface area (Å²) < 4.78 is 16.4. The molecule has 1 N–H and O–H groups in total. The average Bonchev–Trinajstić information content (AvgIpc) is 3.30. The van der Waals surface area contributed by atoms with Gasteiger partial charge in [-0.2, -0.15) is 0 Å². The van der Waals surface area contributed by atoms with Gasteiger partial charge in [0, 0.05) is 28.6 Å². The number of rotatable bonds is 8. The number of carbonyl (C=O) groups excluding carboxylic acids is 2. The molecule has 0 fully saturated rings. The molecule has 1 aliphatic heterocycles. The van der Waals surface area contributed by atoms with Crippen LogP contribution >= 0.6 is 11.3 Å². The quantitative estimate of drug-likeness (QED) is 0.495. The minimum Gasteiger partial charge on any atom is -0.496 e. The normalized spacial score (nSPS) is 13.1. The summed E-state index contributed by atoms with van der Waals surface area (Å²) in [6.07, 6.45) is 5.28. The molecule has 0 atom stereocenters. The van der Waals surface area contributed by atoms with Gasteiger partial charge in [-0.15, -0.1) is 11.3 Å². The second-order valence-corrected chi connectivity index (χ2v) is 8.41. The summed E-state index contributed by atoms with van der Waals surface area (Å²) >= 11 is 1.45. The number of aryl methyl sites for hydroxylation is 1. The molecule has 1 aromatic carbocycles. The lowest BCUT2D eigenvalue weighted by molar-refractivity contribution is -0.116. The molecule has 0 aliphatic carbocycles. The number of cyclic esters (lactones) is 1. The van der Waals surface area contributed by atoms with Crippen LogP contribution in [0, 0.1) is 13.8 Å². The van der Waals surface area contributed by atoms with Gasteiger partial charge in [-0.05, 0) is 39.2 Å². The molecule has 2 aromatic rings.